The van der Waals surface area contributed by atoms with Gasteiger partial charge in [-0.25, -0.2) is 0 Å². The summed E-state index contributed by atoms with van der Waals surface area (Å²) in [6.45, 7) is 3.17. The average Bonchev–Trinajstić information content (AvgIpc) is 2.78. The summed E-state index contributed by atoms with van der Waals surface area (Å²) in [6.07, 6.45) is 1.62. The smallest absolute Gasteiger partial charge is 0.119 e. The van der Waals surface area contributed by atoms with Gasteiger partial charge in [0.2, 0.25) is 0 Å². The fourth-order valence-electron chi connectivity index (χ4n) is 3.53. The van der Waals surface area contributed by atoms with Gasteiger partial charge in [-0.1, -0.05) is 61.5 Å². The third kappa shape index (κ3) is 5.50. The van der Waals surface area contributed by atoms with Gasteiger partial charge in [0.25, 0.3) is 0 Å². The molecule has 0 fully saturated rings. The summed E-state index contributed by atoms with van der Waals surface area (Å²) >= 11 is 0. The van der Waals surface area contributed by atoms with Crippen LogP contribution in [-0.2, 0) is 0 Å². The molecule has 0 aliphatic heterocycles. The van der Waals surface area contributed by atoms with Crippen molar-refractivity contribution in [2.24, 2.45) is 11.5 Å². The Morgan fingerprint density at radius 1 is 0.867 bits per heavy atom. The molecule has 0 aliphatic carbocycles. The highest BCUT2D eigenvalue weighted by Gasteiger charge is 2.13. The fraction of sp³-hybridized carbons (Fsp3) is 0.231. The SMILES string of the molecule is CCC(=C(c1ccc(O)cc1)c1ccc(OCC(N)CCN)cc1)c1ccccc1. The average molecular weight is 403 g/mol. The van der Waals surface area contributed by atoms with E-state index in [1.807, 2.05) is 30.3 Å². The minimum atomic E-state index is -0.0631. The summed E-state index contributed by atoms with van der Waals surface area (Å²) in [7, 11) is 0. The third-order valence-corrected chi connectivity index (χ3v) is 5.08. The zero-order valence-electron chi connectivity index (χ0n) is 17.4. The van der Waals surface area contributed by atoms with Crippen LogP contribution in [0.15, 0.2) is 78.9 Å². The maximum absolute atomic E-state index is 9.75. The van der Waals surface area contributed by atoms with E-state index in [1.54, 1.807) is 12.1 Å². The zero-order valence-corrected chi connectivity index (χ0v) is 17.4. The first-order valence-corrected chi connectivity index (χ1v) is 10.4. The van der Waals surface area contributed by atoms with Crippen molar-refractivity contribution in [2.75, 3.05) is 13.2 Å². The van der Waals surface area contributed by atoms with Crippen LogP contribution < -0.4 is 16.2 Å². The molecule has 0 heterocycles. The van der Waals surface area contributed by atoms with E-state index in [1.165, 1.54) is 11.1 Å². The number of hydrogen-bond donors (Lipinski definition) is 3. The number of hydrogen-bond acceptors (Lipinski definition) is 4. The van der Waals surface area contributed by atoms with Crippen LogP contribution in [0.25, 0.3) is 11.1 Å². The molecule has 0 spiro atoms. The molecule has 0 saturated carbocycles. The fourth-order valence-corrected chi connectivity index (χ4v) is 3.53. The molecule has 0 saturated heterocycles. The molecule has 0 aliphatic rings. The van der Waals surface area contributed by atoms with Crippen LogP contribution >= 0.6 is 0 Å². The number of ether oxygens (including phenoxy) is 1. The second kappa shape index (κ2) is 10.6. The van der Waals surface area contributed by atoms with Gasteiger partial charge in [-0.15, -0.1) is 0 Å². The Balaban J connectivity index is 1.99. The highest BCUT2D eigenvalue weighted by Crippen LogP contribution is 2.35. The molecular formula is C26H30N2O2. The van der Waals surface area contributed by atoms with E-state index in [-0.39, 0.29) is 11.8 Å². The number of phenols is 1. The van der Waals surface area contributed by atoms with Gasteiger partial charge < -0.3 is 21.3 Å². The van der Waals surface area contributed by atoms with Gasteiger partial charge in [0.05, 0.1) is 0 Å². The first-order chi connectivity index (χ1) is 14.6. The molecule has 3 aromatic rings. The normalized spacial score (nSPS) is 12.9. The molecule has 5 N–H and O–H groups in total. The molecule has 1 unspecified atom stereocenters. The van der Waals surface area contributed by atoms with Crippen molar-refractivity contribution in [3.05, 3.63) is 95.6 Å². The van der Waals surface area contributed by atoms with Crippen molar-refractivity contribution >= 4 is 11.1 Å². The zero-order chi connectivity index (χ0) is 21.3. The van der Waals surface area contributed by atoms with Crippen molar-refractivity contribution in [1.82, 2.24) is 0 Å². The van der Waals surface area contributed by atoms with Gasteiger partial charge in [0.1, 0.15) is 18.1 Å². The predicted molar refractivity (Wildman–Crippen MR) is 124 cm³/mol. The van der Waals surface area contributed by atoms with Crippen molar-refractivity contribution in [3.63, 3.8) is 0 Å². The Hall–Kier alpha value is -3.08. The van der Waals surface area contributed by atoms with Crippen molar-refractivity contribution < 1.29 is 9.84 Å². The van der Waals surface area contributed by atoms with E-state index >= 15 is 0 Å². The summed E-state index contributed by atoms with van der Waals surface area (Å²) in [5.74, 6) is 1.04. The second-order valence-electron chi connectivity index (χ2n) is 7.29. The van der Waals surface area contributed by atoms with Crippen LogP contribution in [0.1, 0.15) is 36.5 Å². The molecule has 30 heavy (non-hydrogen) atoms. The molecule has 156 valence electrons. The molecule has 1 atom stereocenters. The molecular weight excluding hydrogens is 372 g/mol. The number of allylic oxidation sites excluding steroid dienone is 1. The van der Waals surface area contributed by atoms with Crippen molar-refractivity contribution in [2.45, 2.75) is 25.8 Å². The summed E-state index contributed by atoms with van der Waals surface area (Å²) in [6, 6.07) is 25.8. The van der Waals surface area contributed by atoms with E-state index in [2.05, 4.69) is 43.3 Å². The topological polar surface area (TPSA) is 81.5 Å². The van der Waals surface area contributed by atoms with Gasteiger partial charge in [-0.3, -0.25) is 0 Å². The Morgan fingerprint density at radius 3 is 2.03 bits per heavy atom. The van der Waals surface area contributed by atoms with Gasteiger partial charge in [0, 0.05) is 6.04 Å². The molecule has 0 radical (unpaired) electrons. The van der Waals surface area contributed by atoms with Gasteiger partial charge >= 0.3 is 0 Å². The van der Waals surface area contributed by atoms with Gasteiger partial charge in [-0.2, -0.15) is 0 Å². The number of phenolic OH excluding ortho intramolecular Hbond substituents is 1. The van der Waals surface area contributed by atoms with Crippen molar-refractivity contribution in [1.29, 1.82) is 0 Å². The van der Waals surface area contributed by atoms with Crippen LogP contribution in [0.5, 0.6) is 11.5 Å². The number of benzene rings is 3. The van der Waals surface area contributed by atoms with E-state index in [0.29, 0.717) is 13.2 Å². The highest BCUT2D eigenvalue weighted by molar-refractivity contribution is 5.98. The van der Waals surface area contributed by atoms with Crippen LogP contribution in [0.3, 0.4) is 0 Å². The largest absolute Gasteiger partial charge is 0.508 e. The number of nitrogens with two attached hydrogens (primary N) is 2. The highest BCUT2D eigenvalue weighted by atomic mass is 16.5. The minimum absolute atomic E-state index is 0.0631. The first-order valence-electron chi connectivity index (χ1n) is 10.4. The Morgan fingerprint density at radius 2 is 1.47 bits per heavy atom. The summed E-state index contributed by atoms with van der Waals surface area (Å²) in [4.78, 5) is 0. The van der Waals surface area contributed by atoms with Crippen LogP contribution in [-0.4, -0.2) is 24.3 Å². The quantitative estimate of drug-likeness (QED) is 0.448. The molecule has 4 nitrogen and oxygen atoms in total. The van der Waals surface area contributed by atoms with E-state index in [9.17, 15) is 5.11 Å². The lowest BCUT2D eigenvalue weighted by molar-refractivity contribution is 0.283. The van der Waals surface area contributed by atoms with Crippen LogP contribution in [0.4, 0.5) is 0 Å². The monoisotopic (exact) mass is 402 g/mol. The lowest BCUT2D eigenvalue weighted by atomic mass is 9.88. The Bertz CT molecular complexity index is 949. The van der Waals surface area contributed by atoms with Crippen LogP contribution in [0, 0.1) is 0 Å². The van der Waals surface area contributed by atoms with Crippen LogP contribution in [0.2, 0.25) is 0 Å². The Kier molecular flexibility index (Phi) is 7.66. The summed E-state index contributed by atoms with van der Waals surface area (Å²) in [5, 5.41) is 9.75. The minimum Gasteiger partial charge on any atom is -0.508 e. The van der Waals surface area contributed by atoms with E-state index in [0.717, 1.165) is 35.3 Å². The molecule has 3 aromatic carbocycles. The van der Waals surface area contributed by atoms with Crippen molar-refractivity contribution in [3.8, 4) is 11.5 Å². The number of rotatable bonds is 9. The predicted octanol–water partition coefficient (Wildman–Crippen LogP) is 4.82. The lowest BCUT2D eigenvalue weighted by Gasteiger charge is -2.17. The van der Waals surface area contributed by atoms with E-state index < -0.39 is 0 Å². The second-order valence-corrected chi connectivity index (χ2v) is 7.29. The maximum atomic E-state index is 9.75. The summed E-state index contributed by atoms with van der Waals surface area (Å²) < 4.78 is 5.82. The number of aromatic hydroxyl groups is 1. The van der Waals surface area contributed by atoms with Gasteiger partial charge in [-0.05, 0) is 71.5 Å². The molecule has 3 rings (SSSR count). The van der Waals surface area contributed by atoms with E-state index in [4.69, 9.17) is 16.2 Å². The molecule has 4 heteroatoms. The molecule has 0 bridgehead atoms. The third-order valence-electron chi connectivity index (χ3n) is 5.08. The first kappa shape index (κ1) is 21.6. The maximum Gasteiger partial charge on any atom is 0.119 e. The Labute approximate surface area is 178 Å². The molecule has 0 aromatic heterocycles. The standard InChI is InChI=1S/C26H30N2O2/c1-2-25(19-6-4-3-5-7-19)26(20-8-12-23(29)13-9-20)21-10-14-24(15-11-21)30-18-22(28)16-17-27/h3-15,22,29H,2,16-18,27-28H2,1H3. The van der Waals surface area contributed by atoms with Gasteiger partial charge in [0.15, 0.2) is 0 Å². The summed E-state index contributed by atoms with van der Waals surface area (Å²) in [5.41, 5.74) is 17.3. The molecule has 0 amide bonds. The lowest BCUT2D eigenvalue weighted by Crippen LogP contribution is -2.30.